The molecule has 0 saturated heterocycles. The van der Waals surface area contributed by atoms with Crippen LogP contribution in [0.2, 0.25) is 0 Å². The van der Waals surface area contributed by atoms with Gasteiger partial charge < -0.3 is 15.1 Å². The predicted octanol–water partition coefficient (Wildman–Crippen LogP) is 2.97. The van der Waals surface area contributed by atoms with Crippen molar-refractivity contribution in [1.82, 2.24) is 14.8 Å². The second kappa shape index (κ2) is 10.2. The Labute approximate surface area is 165 Å². The van der Waals surface area contributed by atoms with E-state index in [1.54, 1.807) is 4.90 Å². The van der Waals surface area contributed by atoms with Crippen LogP contribution >= 0.6 is 11.3 Å². The molecule has 27 heavy (non-hydrogen) atoms. The van der Waals surface area contributed by atoms with Crippen molar-refractivity contribution in [3.63, 3.8) is 0 Å². The average Bonchev–Trinajstić information content (AvgIpc) is 3.04. The van der Waals surface area contributed by atoms with Gasteiger partial charge in [0.05, 0.1) is 18.2 Å². The summed E-state index contributed by atoms with van der Waals surface area (Å²) >= 11 is 1.38. The molecule has 0 radical (unpaired) electrons. The van der Waals surface area contributed by atoms with Gasteiger partial charge in [-0.3, -0.25) is 9.59 Å². The largest absolute Gasteiger partial charge is 0.332 e. The van der Waals surface area contributed by atoms with E-state index in [9.17, 15) is 9.59 Å². The maximum Gasteiger partial charge on any atom is 0.245 e. The molecule has 2 amide bonds. The summed E-state index contributed by atoms with van der Waals surface area (Å²) in [7, 11) is 3.91. The van der Waals surface area contributed by atoms with Crippen molar-refractivity contribution in [2.45, 2.75) is 26.2 Å². The fraction of sp³-hybridized carbons (Fsp3) is 0.450. The molecule has 2 rings (SSSR count). The molecule has 0 saturated carbocycles. The van der Waals surface area contributed by atoms with Gasteiger partial charge in [-0.2, -0.15) is 0 Å². The first-order valence-corrected chi connectivity index (χ1v) is 9.99. The molecule has 1 N–H and O–H groups in total. The zero-order chi connectivity index (χ0) is 19.8. The van der Waals surface area contributed by atoms with E-state index in [1.165, 1.54) is 11.3 Å². The van der Waals surface area contributed by atoms with Gasteiger partial charge in [-0.25, -0.2) is 4.98 Å². The Morgan fingerprint density at radius 3 is 2.44 bits per heavy atom. The van der Waals surface area contributed by atoms with Crippen molar-refractivity contribution in [3.8, 4) is 0 Å². The molecule has 2 aromatic rings. The first kappa shape index (κ1) is 21.1. The summed E-state index contributed by atoms with van der Waals surface area (Å²) in [6.07, 6.45) is 0.689. The van der Waals surface area contributed by atoms with Gasteiger partial charge in [0.1, 0.15) is 0 Å². The maximum atomic E-state index is 13.2. The minimum Gasteiger partial charge on any atom is -0.332 e. The van der Waals surface area contributed by atoms with Gasteiger partial charge in [0.15, 0.2) is 5.13 Å². The van der Waals surface area contributed by atoms with Crippen molar-refractivity contribution in [2.75, 3.05) is 39.0 Å². The molecular weight excluding hydrogens is 360 g/mol. The third-order valence-corrected chi connectivity index (χ3v) is 5.11. The molecule has 0 aliphatic rings. The molecule has 146 valence electrons. The van der Waals surface area contributed by atoms with Crippen LogP contribution in [-0.2, 0) is 9.59 Å². The van der Waals surface area contributed by atoms with Crippen LogP contribution in [0.15, 0.2) is 35.7 Å². The lowest BCUT2D eigenvalue weighted by Gasteiger charge is -2.28. The van der Waals surface area contributed by atoms with Crippen LogP contribution in [0.3, 0.4) is 0 Å². The van der Waals surface area contributed by atoms with Crippen LogP contribution < -0.4 is 5.32 Å². The molecule has 1 heterocycles. The lowest BCUT2D eigenvalue weighted by Crippen LogP contribution is -2.43. The molecular formula is C20H28N4O2S. The highest BCUT2D eigenvalue weighted by molar-refractivity contribution is 7.13. The average molecular weight is 389 g/mol. The molecule has 1 aromatic heterocycles. The third kappa shape index (κ3) is 6.45. The zero-order valence-electron chi connectivity index (χ0n) is 16.4. The van der Waals surface area contributed by atoms with Crippen LogP contribution in [0.25, 0.3) is 0 Å². The number of nitrogens with zero attached hydrogens (tertiary/aromatic N) is 3. The first-order valence-electron chi connectivity index (χ1n) is 9.11. The molecule has 0 fully saturated rings. The fourth-order valence-corrected chi connectivity index (χ4v) is 3.49. The number of carbonyl (C=O) groups is 2. The van der Waals surface area contributed by atoms with Gasteiger partial charge in [0, 0.05) is 18.5 Å². The highest BCUT2D eigenvalue weighted by Gasteiger charge is 2.26. The smallest absolute Gasteiger partial charge is 0.245 e. The molecule has 1 atom stereocenters. The Hall–Kier alpha value is -2.25. The number of rotatable bonds is 9. The maximum absolute atomic E-state index is 13.2. The van der Waals surface area contributed by atoms with E-state index in [0.717, 1.165) is 11.3 Å². The monoisotopic (exact) mass is 388 g/mol. The van der Waals surface area contributed by atoms with Crippen molar-refractivity contribution >= 4 is 28.3 Å². The molecule has 0 aliphatic carbocycles. The van der Waals surface area contributed by atoms with Crippen molar-refractivity contribution < 1.29 is 9.59 Å². The predicted molar refractivity (Wildman–Crippen MR) is 110 cm³/mol. The first-order chi connectivity index (χ1) is 12.9. The summed E-state index contributed by atoms with van der Waals surface area (Å²) in [6.45, 7) is 5.09. The van der Waals surface area contributed by atoms with Gasteiger partial charge >= 0.3 is 0 Å². The van der Waals surface area contributed by atoms with Crippen LogP contribution in [-0.4, -0.2) is 60.3 Å². The molecule has 0 unspecified atom stereocenters. The van der Waals surface area contributed by atoms with E-state index >= 15 is 0 Å². The van der Waals surface area contributed by atoms with Crippen molar-refractivity contribution in [2.24, 2.45) is 0 Å². The number of hydrogen-bond donors (Lipinski definition) is 1. The number of thiazole rings is 1. The number of nitrogens with one attached hydrogen (secondary N) is 1. The number of aryl methyl sites for hydroxylation is 1. The quantitative estimate of drug-likeness (QED) is 0.717. The molecule has 1 aromatic carbocycles. The number of benzene rings is 1. The Bertz CT molecular complexity index is 745. The second-order valence-corrected chi connectivity index (χ2v) is 7.63. The Kier molecular flexibility index (Phi) is 7.94. The Morgan fingerprint density at radius 1 is 1.19 bits per heavy atom. The number of likely N-dealkylation sites (N-methyl/N-ethyl adjacent to an activating group) is 1. The summed E-state index contributed by atoms with van der Waals surface area (Å²) in [5.74, 6) is -0.487. The Balaban J connectivity index is 2.11. The van der Waals surface area contributed by atoms with E-state index in [1.807, 2.05) is 68.6 Å². The lowest BCUT2D eigenvalue weighted by molar-refractivity contribution is -0.136. The summed E-state index contributed by atoms with van der Waals surface area (Å²) in [4.78, 5) is 33.6. The van der Waals surface area contributed by atoms with Gasteiger partial charge in [-0.15, -0.1) is 11.3 Å². The van der Waals surface area contributed by atoms with E-state index in [2.05, 4.69) is 10.3 Å². The van der Waals surface area contributed by atoms with Crippen molar-refractivity contribution in [1.29, 1.82) is 0 Å². The van der Waals surface area contributed by atoms with E-state index in [0.29, 0.717) is 24.6 Å². The minimum atomic E-state index is -0.247. The standard InChI is InChI=1S/C20H28N4O2S/c1-5-17(16-9-7-6-8-10-16)19(26)24(12-11-23(3)4)13-18(25)22-20-21-15(2)14-27-20/h6-10,14,17H,5,11-13H2,1-4H3,(H,21,22,25)/t17-/m0/s1. The molecule has 0 bridgehead atoms. The zero-order valence-corrected chi connectivity index (χ0v) is 17.3. The van der Waals surface area contributed by atoms with Crippen LogP contribution in [0.5, 0.6) is 0 Å². The summed E-state index contributed by atoms with van der Waals surface area (Å²) in [5.41, 5.74) is 1.85. The topological polar surface area (TPSA) is 65.5 Å². The van der Waals surface area contributed by atoms with Crippen LogP contribution in [0.1, 0.15) is 30.5 Å². The number of anilines is 1. The van der Waals surface area contributed by atoms with Gasteiger partial charge in [-0.1, -0.05) is 37.3 Å². The van der Waals surface area contributed by atoms with E-state index < -0.39 is 0 Å². The summed E-state index contributed by atoms with van der Waals surface area (Å²) in [6, 6.07) is 9.75. The van der Waals surface area contributed by atoms with Crippen molar-refractivity contribution in [3.05, 3.63) is 47.0 Å². The van der Waals surface area contributed by atoms with Gasteiger partial charge in [0.2, 0.25) is 11.8 Å². The molecule has 0 spiro atoms. The highest BCUT2D eigenvalue weighted by Crippen LogP contribution is 2.22. The highest BCUT2D eigenvalue weighted by atomic mass is 32.1. The lowest BCUT2D eigenvalue weighted by atomic mass is 9.95. The molecule has 0 aliphatic heterocycles. The summed E-state index contributed by atoms with van der Waals surface area (Å²) < 4.78 is 0. The third-order valence-electron chi connectivity index (χ3n) is 4.24. The SMILES string of the molecule is CC[C@H](C(=O)N(CCN(C)C)CC(=O)Nc1nc(C)cs1)c1ccccc1. The minimum absolute atomic E-state index is 0.0176. The van der Waals surface area contributed by atoms with Gasteiger partial charge in [-0.05, 0) is 33.0 Å². The molecule has 6 nitrogen and oxygen atoms in total. The fourth-order valence-electron chi connectivity index (χ4n) is 2.79. The van der Waals surface area contributed by atoms with Gasteiger partial charge in [0.25, 0.3) is 0 Å². The Morgan fingerprint density at radius 2 is 1.89 bits per heavy atom. The molecule has 7 heteroatoms. The normalized spacial score (nSPS) is 12.0. The van der Waals surface area contributed by atoms with E-state index in [-0.39, 0.29) is 24.3 Å². The van der Waals surface area contributed by atoms with E-state index in [4.69, 9.17) is 0 Å². The second-order valence-electron chi connectivity index (χ2n) is 6.78. The number of hydrogen-bond acceptors (Lipinski definition) is 5. The number of carbonyl (C=O) groups excluding carboxylic acids is 2. The van der Waals surface area contributed by atoms with Crippen LogP contribution in [0.4, 0.5) is 5.13 Å². The number of aromatic nitrogens is 1. The van der Waals surface area contributed by atoms with Crippen LogP contribution in [0, 0.1) is 6.92 Å². The number of amides is 2. The summed E-state index contributed by atoms with van der Waals surface area (Å²) in [5, 5.41) is 5.24.